The molecule has 0 saturated carbocycles. The van der Waals surface area contributed by atoms with E-state index in [1.807, 2.05) is 11.3 Å². The molecule has 1 aromatic rings. The highest BCUT2D eigenvalue weighted by atomic mass is 32.1. The van der Waals surface area contributed by atoms with E-state index in [0.29, 0.717) is 6.04 Å². The lowest BCUT2D eigenvalue weighted by Crippen LogP contribution is -2.40. The zero-order valence-electron chi connectivity index (χ0n) is 10.3. The Morgan fingerprint density at radius 3 is 3.12 bits per heavy atom. The first-order valence-electron chi connectivity index (χ1n) is 6.21. The van der Waals surface area contributed by atoms with E-state index in [4.69, 9.17) is 0 Å². The van der Waals surface area contributed by atoms with E-state index in [-0.39, 0.29) is 0 Å². The molecule has 1 saturated heterocycles. The SMILES string of the molecule is CC(Cc1cccs1)N(C)C[C@H]1CCCN1. The molecule has 1 N–H and O–H groups in total. The lowest BCUT2D eigenvalue weighted by Gasteiger charge is -2.27. The van der Waals surface area contributed by atoms with Gasteiger partial charge < -0.3 is 10.2 Å². The zero-order valence-corrected chi connectivity index (χ0v) is 11.1. The summed E-state index contributed by atoms with van der Waals surface area (Å²) in [6.07, 6.45) is 3.87. The zero-order chi connectivity index (χ0) is 11.4. The smallest absolute Gasteiger partial charge is 0.0195 e. The van der Waals surface area contributed by atoms with Crippen molar-refractivity contribution in [3.8, 4) is 0 Å². The summed E-state index contributed by atoms with van der Waals surface area (Å²) >= 11 is 1.87. The Bertz CT molecular complexity index is 291. The van der Waals surface area contributed by atoms with Gasteiger partial charge in [0.05, 0.1) is 0 Å². The Morgan fingerprint density at radius 2 is 2.50 bits per heavy atom. The first-order valence-corrected chi connectivity index (χ1v) is 7.09. The normalized spacial score (nSPS) is 22.8. The van der Waals surface area contributed by atoms with Crippen molar-refractivity contribution in [2.45, 2.75) is 38.3 Å². The third kappa shape index (κ3) is 3.30. The van der Waals surface area contributed by atoms with E-state index in [0.717, 1.165) is 6.04 Å². The molecule has 0 bridgehead atoms. The van der Waals surface area contributed by atoms with Crippen LogP contribution in [0.15, 0.2) is 17.5 Å². The Hall–Kier alpha value is -0.380. The summed E-state index contributed by atoms with van der Waals surface area (Å²) in [6, 6.07) is 5.74. The Morgan fingerprint density at radius 1 is 1.62 bits per heavy atom. The molecule has 2 rings (SSSR count). The van der Waals surface area contributed by atoms with Crippen molar-refractivity contribution in [2.24, 2.45) is 0 Å². The number of rotatable bonds is 5. The number of hydrogen-bond acceptors (Lipinski definition) is 3. The summed E-state index contributed by atoms with van der Waals surface area (Å²) in [5, 5.41) is 5.73. The fourth-order valence-electron chi connectivity index (χ4n) is 2.32. The van der Waals surface area contributed by atoms with Gasteiger partial charge in [0, 0.05) is 23.5 Å². The molecule has 1 fully saturated rings. The minimum Gasteiger partial charge on any atom is -0.313 e. The van der Waals surface area contributed by atoms with Crippen LogP contribution in [0.1, 0.15) is 24.6 Å². The first kappa shape index (κ1) is 12.1. The Balaban J connectivity index is 1.77. The molecule has 1 unspecified atom stereocenters. The summed E-state index contributed by atoms with van der Waals surface area (Å²) < 4.78 is 0. The van der Waals surface area contributed by atoms with Gasteiger partial charge in [-0.25, -0.2) is 0 Å². The van der Waals surface area contributed by atoms with E-state index < -0.39 is 0 Å². The van der Waals surface area contributed by atoms with Gasteiger partial charge in [0.25, 0.3) is 0 Å². The van der Waals surface area contributed by atoms with Crippen LogP contribution in [0.5, 0.6) is 0 Å². The first-order chi connectivity index (χ1) is 7.75. The maximum atomic E-state index is 3.56. The van der Waals surface area contributed by atoms with Gasteiger partial charge in [0.1, 0.15) is 0 Å². The summed E-state index contributed by atoms with van der Waals surface area (Å²) in [5.74, 6) is 0. The van der Waals surface area contributed by atoms with Crippen molar-refractivity contribution >= 4 is 11.3 Å². The molecule has 3 heteroatoms. The van der Waals surface area contributed by atoms with Crippen molar-refractivity contribution in [1.82, 2.24) is 10.2 Å². The van der Waals surface area contributed by atoms with Crippen molar-refractivity contribution < 1.29 is 0 Å². The van der Waals surface area contributed by atoms with Gasteiger partial charge in [-0.1, -0.05) is 6.07 Å². The predicted molar refractivity (Wildman–Crippen MR) is 71.1 cm³/mol. The van der Waals surface area contributed by atoms with Gasteiger partial charge >= 0.3 is 0 Å². The molecule has 0 aromatic carbocycles. The molecule has 90 valence electrons. The quantitative estimate of drug-likeness (QED) is 0.847. The molecular weight excluding hydrogens is 216 g/mol. The molecule has 0 aliphatic carbocycles. The maximum Gasteiger partial charge on any atom is 0.0195 e. The van der Waals surface area contributed by atoms with Crippen LogP contribution in [0, 0.1) is 0 Å². The molecule has 2 heterocycles. The number of nitrogens with zero attached hydrogens (tertiary/aromatic N) is 1. The molecule has 0 spiro atoms. The highest BCUT2D eigenvalue weighted by Crippen LogP contribution is 2.14. The highest BCUT2D eigenvalue weighted by molar-refractivity contribution is 7.09. The van der Waals surface area contributed by atoms with Gasteiger partial charge in [-0.15, -0.1) is 11.3 Å². The molecule has 2 nitrogen and oxygen atoms in total. The Labute approximate surface area is 103 Å². The molecule has 1 aliphatic heterocycles. The monoisotopic (exact) mass is 238 g/mol. The number of likely N-dealkylation sites (N-methyl/N-ethyl adjacent to an activating group) is 1. The lowest BCUT2D eigenvalue weighted by atomic mass is 10.1. The van der Waals surface area contributed by atoms with E-state index in [9.17, 15) is 0 Å². The summed E-state index contributed by atoms with van der Waals surface area (Å²) in [4.78, 5) is 3.99. The third-order valence-electron chi connectivity index (χ3n) is 3.50. The van der Waals surface area contributed by atoms with Crippen LogP contribution < -0.4 is 5.32 Å². The summed E-state index contributed by atoms with van der Waals surface area (Å²) in [5.41, 5.74) is 0. The highest BCUT2D eigenvalue weighted by Gasteiger charge is 2.18. The third-order valence-corrected chi connectivity index (χ3v) is 4.40. The van der Waals surface area contributed by atoms with Crippen LogP contribution in [-0.2, 0) is 6.42 Å². The lowest BCUT2D eigenvalue weighted by molar-refractivity contribution is 0.235. The van der Waals surface area contributed by atoms with E-state index in [1.54, 1.807) is 0 Å². The molecule has 2 atom stereocenters. The van der Waals surface area contributed by atoms with Crippen molar-refractivity contribution in [3.05, 3.63) is 22.4 Å². The van der Waals surface area contributed by atoms with E-state index >= 15 is 0 Å². The van der Waals surface area contributed by atoms with Crippen LogP contribution >= 0.6 is 11.3 Å². The van der Waals surface area contributed by atoms with Gasteiger partial charge in [-0.2, -0.15) is 0 Å². The second kappa shape index (κ2) is 5.80. The second-order valence-electron chi connectivity index (χ2n) is 4.87. The molecule has 0 amide bonds. The van der Waals surface area contributed by atoms with Gasteiger partial charge in [-0.3, -0.25) is 0 Å². The topological polar surface area (TPSA) is 15.3 Å². The van der Waals surface area contributed by atoms with Gasteiger partial charge in [-0.05, 0) is 51.2 Å². The molecule has 0 radical (unpaired) electrons. The van der Waals surface area contributed by atoms with Gasteiger partial charge in [0.15, 0.2) is 0 Å². The average molecular weight is 238 g/mol. The number of nitrogens with one attached hydrogen (secondary N) is 1. The van der Waals surface area contributed by atoms with Crippen molar-refractivity contribution in [2.75, 3.05) is 20.1 Å². The van der Waals surface area contributed by atoms with Crippen LogP contribution in [0.25, 0.3) is 0 Å². The van der Waals surface area contributed by atoms with Crippen LogP contribution in [0.4, 0.5) is 0 Å². The minimum absolute atomic E-state index is 0.640. The minimum atomic E-state index is 0.640. The predicted octanol–water partition coefficient (Wildman–Crippen LogP) is 2.36. The molecule has 16 heavy (non-hydrogen) atoms. The van der Waals surface area contributed by atoms with Crippen LogP contribution in [0.3, 0.4) is 0 Å². The van der Waals surface area contributed by atoms with Crippen LogP contribution in [0.2, 0.25) is 0 Å². The van der Waals surface area contributed by atoms with Crippen LogP contribution in [-0.4, -0.2) is 37.1 Å². The second-order valence-corrected chi connectivity index (χ2v) is 5.90. The van der Waals surface area contributed by atoms with Crippen molar-refractivity contribution in [3.63, 3.8) is 0 Å². The number of hydrogen-bond donors (Lipinski definition) is 1. The molecular formula is C13H22N2S. The van der Waals surface area contributed by atoms with E-state index in [1.165, 1.54) is 37.2 Å². The van der Waals surface area contributed by atoms with Gasteiger partial charge in [0.2, 0.25) is 0 Å². The summed E-state index contributed by atoms with van der Waals surface area (Å²) in [6.45, 7) is 4.72. The molecule has 1 aliphatic rings. The molecule has 1 aromatic heterocycles. The standard InChI is InChI=1S/C13H22N2S/c1-11(9-13-6-4-8-16-13)15(2)10-12-5-3-7-14-12/h4,6,8,11-12,14H,3,5,7,9-10H2,1-2H3/t11?,12-/m1/s1. The fourth-order valence-corrected chi connectivity index (χ4v) is 3.14. The Kier molecular flexibility index (Phi) is 4.38. The average Bonchev–Trinajstić information content (AvgIpc) is 2.90. The maximum absolute atomic E-state index is 3.56. The summed E-state index contributed by atoms with van der Waals surface area (Å²) in [7, 11) is 2.25. The number of thiophene rings is 1. The fraction of sp³-hybridized carbons (Fsp3) is 0.692. The van der Waals surface area contributed by atoms with E-state index in [2.05, 4.69) is 41.7 Å². The van der Waals surface area contributed by atoms with Crippen molar-refractivity contribution in [1.29, 1.82) is 0 Å². The largest absolute Gasteiger partial charge is 0.313 e.